The van der Waals surface area contributed by atoms with Crippen LogP contribution < -0.4 is 5.32 Å². The Hall–Kier alpha value is -1.35. The van der Waals surface area contributed by atoms with Crippen LogP contribution in [-0.4, -0.2) is 37.0 Å². The summed E-state index contributed by atoms with van der Waals surface area (Å²) in [6.45, 7) is 7.83. The number of benzene rings is 1. The van der Waals surface area contributed by atoms with E-state index in [0.29, 0.717) is 6.42 Å². The zero-order valence-corrected chi connectivity index (χ0v) is 11.5. The number of carbonyl (C=O) groups excluding carboxylic acids is 1. The van der Waals surface area contributed by atoms with E-state index in [0.717, 1.165) is 32.6 Å². The molecule has 0 unspecified atom stereocenters. The maximum Gasteiger partial charge on any atom is 0.221 e. The van der Waals surface area contributed by atoms with Gasteiger partial charge in [-0.25, -0.2) is 0 Å². The van der Waals surface area contributed by atoms with E-state index in [-0.39, 0.29) is 5.91 Å². The first-order valence-corrected chi connectivity index (χ1v) is 6.79. The molecule has 0 radical (unpaired) electrons. The van der Waals surface area contributed by atoms with Gasteiger partial charge in [0.15, 0.2) is 0 Å². The first kappa shape index (κ1) is 14.7. The molecule has 0 spiro atoms. The van der Waals surface area contributed by atoms with E-state index in [1.165, 1.54) is 5.56 Å². The fraction of sp³-hybridized carbons (Fsp3) is 0.533. The van der Waals surface area contributed by atoms with E-state index in [1.807, 2.05) is 18.2 Å². The summed E-state index contributed by atoms with van der Waals surface area (Å²) in [6, 6.07) is 10.2. The molecule has 3 nitrogen and oxygen atoms in total. The molecule has 1 amide bonds. The Morgan fingerprint density at radius 2 is 1.83 bits per heavy atom. The Bertz CT molecular complexity index is 334. The molecule has 0 saturated heterocycles. The summed E-state index contributed by atoms with van der Waals surface area (Å²) in [5.74, 6) is 0.151. The van der Waals surface area contributed by atoms with E-state index in [4.69, 9.17) is 0 Å². The van der Waals surface area contributed by atoms with Gasteiger partial charge in [0.05, 0.1) is 0 Å². The minimum atomic E-state index is 0.151. The van der Waals surface area contributed by atoms with Gasteiger partial charge in [0.2, 0.25) is 5.91 Å². The molecule has 0 saturated carbocycles. The second kappa shape index (κ2) is 8.70. The van der Waals surface area contributed by atoms with Crippen molar-refractivity contribution in [2.24, 2.45) is 0 Å². The zero-order chi connectivity index (χ0) is 13.2. The summed E-state index contributed by atoms with van der Waals surface area (Å²) in [7, 11) is 0. The average molecular weight is 248 g/mol. The highest BCUT2D eigenvalue weighted by molar-refractivity contribution is 5.76. The molecule has 0 heterocycles. The van der Waals surface area contributed by atoms with Gasteiger partial charge in [-0.3, -0.25) is 4.79 Å². The lowest BCUT2D eigenvalue weighted by atomic mass is 10.1. The second-order valence-corrected chi connectivity index (χ2v) is 4.36. The van der Waals surface area contributed by atoms with Crippen molar-refractivity contribution in [1.29, 1.82) is 0 Å². The molecule has 0 aliphatic rings. The van der Waals surface area contributed by atoms with Crippen molar-refractivity contribution in [1.82, 2.24) is 10.2 Å². The fourth-order valence-corrected chi connectivity index (χ4v) is 1.88. The third-order valence-corrected chi connectivity index (χ3v) is 3.13. The molecule has 1 aromatic carbocycles. The lowest BCUT2D eigenvalue weighted by Crippen LogP contribution is -2.31. The summed E-state index contributed by atoms with van der Waals surface area (Å²) in [6.07, 6.45) is 1.49. The molecule has 0 fully saturated rings. The van der Waals surface area contributed by atoms with Crippen LogP contribution in [0.2, 0.25) is 0 Å². The minimum Gasteiger partial charge on any atom is -0.356 e. The molecular formula is C15H24N2O. The van der Waals surface area contributed by atoms with E-state index >= 15 is 0 Å². The Kier molecular flexibility index (Phi) is 7.11. The van der Waals surface area contributed by atoms with Gasteiger partial charge in [0, 0.05) is 19.5 Å². The van der Waals surface area contributed by atoms with Gasteiger partial charge >= 0.3 is 0 Å². The standard InChI is InChI=1S/C15H24N2O/c1-3-17(4-2)13-11-15(18)16-12-10-14-8-6-5-7-9-14/h5-9H,3-4,10-13H2,1-2H3,(H,16,18). The van der Waals surface area contributed by atoms with Crippen molar-refractivity contribution in [3.05, 3.63) is 35.9 Å². The molecule has 1 N–H and O–H groups in total. The van der Waals surface area contributed by atoms with Gasteiger partial charge in [-0.2, -0.15) is 0 Å². The summed E-state index contributed by atoms with van der Waals surface area (Å²) in [5, 5.41) is 2.97. The predicted octanol–water partition coefficient (Wildman–Crippen LogP) is 2.08. The maximum atomic E-state index is 11.6. The molecule has 1 aromatic rings. The third-order valence-electron chi connectivity index (χ3n) is 3.13. The van der Waals surface area contributed by atoms with Gasteiger partial charge < -0.3 is 10.2 Å². The highest BCUT2D eigenvalue weighted by Crippen LogP contribution is 1.98. The molecular weight excluding hydrogens is 224 g/mol. The lowest BCUT2D eigenvalue weighted by molar-refractivity contribution is -0.121. The van der Waals surface area contributed by atoms with E-state index in [1.54, 1.807) is 0 Å². The Labute approximate surface area is 110 Å². The molecule has 0 aliphatic heterocycles. The number of amides is 1. The third kappa shape index (κ3) is 5.82. The molecule has 18 heavy (non-hydrogen) atoms. The van der Waals surface area contributed by atoms with Gasteiger partial charge in [-0.05, 0) is 25.1 Å². The van der Waals surface area contributed by atoms with Crippen molar-refractivity contribution in [3.8, 4) is 0 Å². The quantitative estimate of drug-likeness (QED) is 0.764. The molecule has 0 aromatic heterocycles. The molecule has 1 rings (SSSR count). The molecule has 3 heteroatoms. The summed E-state index contributed by atoms with van der Waals surface area (Å²) in [4.78, 5) is 13.9. The van der Waals surface area contributed by atoms with Gasteiger partial charge in [0.25, 0.3) is 0 Å². The van der Waals surface area contributed by atoms with Crippen LogP contribution in [0.5, 0.6) is 0 Å². The van der Waals surface area contributed by atoms with Crippen molar-refractivity contribution in [2.75, 3.05) is 26.2 Å². The number of nitrogens with zero attached hydrogens (tertiary/aromatic N) is 1. The van der Waals surface area contributed by atoms with Crippen LogP contribution >= 0.6 is 0 Å². The summed E-state index contributed by atoms with van der Waals surface area (Å²) >= 11 is 0. The van der Waals surface area contributed by atoms with Crippen molar-refractivity contribution in [3.63, 3.8) is 0 Å². The highest BCUT2D eigenvalue weighted by Gasteiger charge is 2.04. The number of rotatable bonds is 8. The normalized spacial score (nSPS) is 10.6. The van der Waals surface area contributed by atoms with Gasteiger partial charge in [-0.1, -0.05) is 44.2 Å². The monoisotopic (exact) mass is 248 g/mol. The van der Waals surface area contributed by atoms with E-state index < -0.39 is 0 Å². The van der Waals surface area contributed by atoms with Crippen LogP contribution in [0.4, 0.5) is 0 Å². The smallest absolute Gasteiger partial charge is 0.221 e. The Morgan fingerprint density at radius 3 is 2.44 bits per heavy atom. The number of hydrogen-bond acceptors (Lipinski definition) is 2. The van der Waals surface area contributed by atoms with Crippen molar-refractivity contribution in [2.45, 2.75) is 26.7 Å². The van der Waals surface area contributed by atoms with Crippen LogP contribution in [0.15, 0.2) is 30.3 Å². The molecule has 0 atom stereocenters. The van der Waals surface area contributed by atoms with Crippen LogP contribution in [-0.2, 0) is 11.2 Å². The number of carbonyl (C=O) groups is 1. The highest BCUT2D eigenvalue weighted by atomic mass is 16.1. The van der Waals surface area contributed by atoms with Gasteiger partial charge in [0.1, 0.15) is 0 Å². The summed E-state index contributed by atoms with van der Waals surface area (Å²) < 4.78 is 0. The largest absolute Gasteiger partial charge is 0.356 e. The van der Waals surface area contributed by atoms with E-state index in [2.05, 4.69) is 36.2 Å². The SMILES string of the molecule is CCN(CC)CCC(=O)NCCc1ccccc1. The Balaban J connectivity index is 2.14. The predicted molar refractivity (Wildman–Crippen MR) is 75.6 cm³/mol. The topological polar surface area (TPSA) is 32.3 Å². The van der Waals surface area contributed by atoms with Crippen LogP contribution in [0, 0.1) is 0 Å². The first-order valence-electron chi connectivity index (χ1n) is 6.79. The molecule has 100 valence electrons. The fourth-order valence-electron chi connectivity index (χ4n) is 1.88. The first-order chi connectivity index (χ1) is 8.76. The van der Waals surface area contributed by atoms with Gasteiger partial charge in [-0.15, -0.1) is 0 Å². The zero-order valence-electron chi connectivity index (χ0n) is 11.5. The van der Waals surface area contributed by atoms with Crippen molar-refractivity contribution < 1.29 is 4.79 Å². The van der Waals surface area contributed by atoms with Crippen LogP contribution in [0.3, 0.4) is 0 Å². The average Bonchev–Trinajstić information content (AvgIpc) is 2.41. The van der Waals surface area contributed by atoms with Crippen molar-refractivity contribution >= 4 is 5.91 Å². The van der Waals surface area contributed by atoms with E-state index in [9.17, 15) is 4.79 Å². The molecule has 0 bridgehead atoms. The summed E-state index contributed by atoms with van der Waals surface area (Å²) in [5.41, 5.74) is 1.27. The lowest BCUT2D eigenvalue weighted by Gasteiger charge is -2.17. The molecule has 0 aliphatic carbocycles. The van der Waals surface area contributed by atoms with Crippen LogP contribution in [0.1, 0.15) is 25.8 Å². The maximum absolute atomic E-state index is 11.6. The number of nitrogens with one attached hydrogen (secondary N) is 1. The second-order valence-electron chi connectivity index (χ2n) is 4.36. The number of hydrogen-bond donors (Lipinski definition) is 1. The minimum absolute atomic E-state index is 0.151. The Morgan fingerprint density at radius 1 is 1.17 bits per heavy atom. The van der Waals surface area contributed by atoms with Crippen LogP contribution in [0.25, 0.3) is 0 Å².